The van der Waals surface area contributed by atoms with E-state index in [4.69, 9.17) is 4.42 Å². The van der Waals surface area contributed by atoms with Crippen LogP contribution in [0.3, 0.4) is 0 Å². The second-order valence-corrected chi connectivity index (χ2v) is 8.40. The van der Waals surface area contributed by atoms with Gasteiger partial charge in [-0.25, -0.2) is 0 Å². The zero-order valence-corrected chi connectivity index (χ0v) is 20.1. The summed E-state index contributed by atoms with van der Waals surface area (Å²) in [6.45, 7) is 2.21. The Balaban J connectivity index is 0.00000181. The third-order valence-corrected chi connectivity index (χ3v) is 5.78. The highest BCUT2D eigenvalue weighted by atomic mass is 35.5. The van der Waals surface area contributed by atoms with Gasteiger partial charge >= 0.3 is 0 Å². The van der Waals surface area contributed by atoms with Crippen molar-refractivity contribution in [3.63, 3.8) is 0 Å². The van der Waals surface area contributed by atoms with Crippen molar-refractivity contribution < 1.29 is 14.3 Å². The summed E-state index contributed by atoms with van der Waals surface area (Å²) in [6, 6.07) is 8.24. The first-order chi connectivity index (χ1) is 14.5. The molecule has 32 heavy (non-hydrogen) atoms. The van der Waals surface area contributed by atoms with Crippen molar-refractivity contribution >= 4 is 41.7 Å². The quantitative estimate of drug-likeness (QED) is 0.578. The first kappa shape index (κ1) is 26.1. The number of pyridine rings is 1. The van der Waals surface area contributed by atoms with Crippen molar-refractivity contribution in [2.45, 2.75) is 31.8 Å². The molecule has 1 fully saturated rings. The number of rotatable bonds is 6. The van der Waals surface area contributed by atoms with Gasteiger partial charge in [0.1, 0.15) is 5.58 Å². The van der Waals surface area contributed by atoms with Gasteiger partial charge in [0.2, 0.25) is 5.91 Å². The molecule has 1 amide bonds. The van der Waals surface area contributed by atoms with Crippen LogP contribution < -0.4 is 0 Å². The molecule has 0 unspecified atom stereocenters. The van der Waals surface area contributed by atoms with E-state index in [9.17, 15) is 9.90 Å². The van der Waals surface area contributed by atoms with E-state index in [1.165, 1.54) is 5.56 Å². The SMILES string of the molecule is CN(C)CCc1coc2ccc(-c3cncc(CC(=O)N4CCC(O)CC4)c3)cc12.Cl.Cl. The molecule has 2 aromatic heterocycles. The van der Waals surface area contributed by atoms with Crippen LogP contribution in [-0.4, -0.2) is 65.6 Å². The molecular weight excluding hydrogens is 449 g/mol. The Labute approximate surface area is 201 Å². The molecule has 3 aromatic rings. The van der Waals surface area contributed by atoms with E-state index in [1.54, 1.807) is 6.20 Å². The van der Waals surface area contributed by atoms with Crippen LogP contribution in [0, 0.1) is 0 Å². The lowest BCUT2D eigenvalue weighted by Crippen LogP contribution is -2.40. The Morgan fingerprint density at radius 2 is 1.91 bits per heavy atom. The summed E-state index contributed by atoms with van der Waals surface area (Å²) in [5, 5.41) is 10.8. The fourth-order valence-corrected chi connectivity index (χ4v) is 3.94. The van der Waals surface area contributed by atoms with Gasteiger partial charge in [0.15, 0.2) is 0 Å². The summed E-state index contributed by atoms with van der Waals surface area (Å²) in [7, 11) is 4.14. The number of hydrogen-bond acceptors (Lipinski definition) is 5. The summed E-state index contributed by atoms with van der Waals surface area (Å²) in [6.07, 6.45) is 7.75. The monoisotopic (exact) mass is 479 g/mol. The number of carbonyl (C=O) groups excluding carboxylic acids is 1. The number of aliphatic hydroxyl groups excluding tert-OH is 1. The molecule has 1 aliphatic rings. The highest BCUT2D eigenvalue weighted by molar-refractivity contribution is 5.87. The van der Waals surface area contributed by atoms with Gasteiger partial charge in [-0.1, -0.05) is 6.07 Å². The zero-order valence-electron chi connectivity index (χ0n) is 18.5. The summed E-state index contributed by atoms with van der Waals surface area (Å²) in [4.78, 5) is 21.0. The number of halogens is 2. The molecule has 174 valence electrons. The van der Waals surface area contributed by atoms with Crippen LogP contribution in [0.1, 0.15) is 24.0 Å². The summed E-state index contributed by atoms with van der Waals surface area (Å²) in [5.41, 5.74) is 5.06. The Morgan fingerprint density at radius 3 is 2.62 bits per heavy atom. The Bertz CT molecular complexity index is 1030. The number of furan rings is 1. The average molecular weight is 480 g/mol. The normalized spacial score (nSPS) is 14.3. The lowest BCUT2D eigenvalue weighted by Gasteiger charge is -2.29. The first-order valence-electron chi connectivity index (χ1n) is 10.5. The standard InChI is InChI=1S/C24H29N3O3.2ClH/c1-26(2)8-5-19-16-30-23-4-3-18(13-22(19)23)20-11-17(14-25-15-20)12-24(29)27-9-6-21(28)7-10-27;;/h3-4,11,13-16,21,28H,5-10,12H2,1-2H3;2*1H. The van der Waals surface area contributed by atoms with Gasteiger partial charge in [-0.3, -0.25) is 9.78 Å². The highest BCUT2D eigenvalue weighted by Crippen LogP contribution is 2.28. The fourth-order valence-electron chi connectivity index (χ4n) is 3.94. The Hall–Kier alpha value is -2.12. The van der Waals surface area contributed by atoms with Crippen LogP contribution in [0.2, 0.25) is 0 Å². The summed E-state index contributed by atoms with van der Waals surface area (Å²) >= 11 is 0. The predicted molar refractivity (Wildman–Crippen MR) is 132 cm³/mol. The maximum absolute atomic E-state index is 12.6. The molecular formula is C24H31Cl2N3O3. The van der Waals surface area contributed by atoms with E-state index in [0.717, 1.165) is 40.6 Å². The number of nitrogens with zero attached hydrogens (tertiary/aromatic N) is 3. The largest absolute Gasteiger partial charge is 0.464 e. The number of carbonyl (C=O) groups is 1. The van der Waals surface area contributed by atoms with Crippen LogP contribution in [0.15, 0.2) is 47.3 Å². The molecule has 8 heteroatoms. The molecule has 0 saturated carbocycles. The van der Waals surface area contributed by atoms with E-state index < -0.39 is 0 Å². The van der Waals surface area contributed by atoms with Gasteiger partial charge in [0.05, 0.1) is 18.8 Å². The third kappa shape index (κ3) is 6.23. The number of fused-ring (bicyclic) bond motifs is 1. The average Bonchev–Trinajstić information content (AvgIpc) is 3.15. The van der Waals surface area contributed by atoms with Gasteiger partial charge in [0, 0.05) is 43.0 Å². The number of aliphatic hydroxyl groups is 1. The number of amides is 1. The Morgan fingerprint density at radius 1 is 1.16 bits per heavy atom. The molecule has 1 N–H and O–H groups in total. The number of likely N-dealkylation sites (tertiary alicyclic amines) is 1. The van der Waals surface area contributed by atoms with Crippen LogP contribution in [-0.2, 0) is 17.6 Å². The maximum Gasteiger partial charge on any atom is 0.227 e. The molecule has 1 saturated heterocycles. The van der Waals surface area contributed by atoms with Crippen LogP contribution >= 0.6 is 24.8 Å². The molecule has 1 aliphatic heterocycles. The van der Waals surface area contributed by atoms with E-state index in [0.29, 0.717) is 32.4 Å². The lowest BCUT2D eigenvalue weighted by molar-refractivity contribution is -0.132. The number of likely N-dealkylation sites (N-methyl/N-ethyl adjacent to an activating group) is 1. The van der Waals surface area contributed by atoms with E-state index in [2.05, 4.69) is 30.0 Å². The van der Waals surface area contributed by atoms with Gasteiger partial charge in [-0.2, -0.15) is 0 Å². The number of hydrogen-bond donors (Lipinski definition) is 1. The smallest absolute Gasteiger partial charge is 0.227 e. The molecule has 6 nitrogen and oxygen atoms in total. The summed E-state index contributed by atoms with van der Waals surface area (Å²) in [5.74, 6) is 0.0945. The van der Waals surface area contributed by atoms with E-state index in [-0.39, 0.29) is 36.8 Å². The van der Waals surface area contributed by atoms with Crippen LogP contribution in [0.5, 0.6) is 0 Å². The second kappa shape index (κ2) is 11.7. The molecule has 0 aliphatic carbocycles. The molecule has 3 heterocycles. The molecule has 0 spiro atoms. The van der Waals surface area contributed by atoms with Gasteiger partial charge < -0.3 is 19.3 Å². The number of benzene rings is 1. The van der Waals surface area contributed by atoms with Crippen molar-refractivity contribution in [1.82, 2.24) is 14.8 Å². The minimum absolute atomic E-state index is 0. The topological polar surface area (TPSA) is 69.8 Å². The molecule has 4 rings (SSSR count). The first-order valence-corrected chi connectivity index (χ1v) is 10.5. The van der Waals surface area contributed by atoms with Crippen molar-refractivity contribution in [1.29, 1.82) is 0 Å². The zero-order chi connectivity index (χ0) is 21.1. The van der Waals surface area contributed by atoms with E-state index >= 15 is 0 Å². The van der Waals surface area contributed by atoms with Crippen molar-refractivity contribution in [2.24, 2.45) is 0 Å². The predicted octanol–water partition coefficient (Wildman–Crippen LogP) is 3.97. The van der Waals surface area contributed by atoms with Crippen molar-refractivity contribution in [2.75, 3.05) is 33.7 Å². The molecule has 1 aromatic carbocycles. The van der Waals surface area contributed by atoms with Crippen LogP contribution in [0.4, 0.5) is 0 Å². The van der Waals surface area contributed by atoms with Crippen molar-refractivity contribution in [3.8, 4) is 11.1 Å². The van der Waals surface area contributed by atoms with Crippen molar-refractivity contribution in [3.05, 3.63) is 54.0 Å². The number of aromatic nitrogens is 1. The lowest BCUT2D eigenvalue weighted by atomic mass is 10.0. The summed E-state index contributed by atoms with van der Waals surface area (Å²) < 4.78 is 5.72. The Kier molecular flexibility index (Phi) is 9.52. The fraction of sp³-hybridized carbons (Fsp3) is 0.417. The van der Waals surface area contributed by atoms with Gasteiger partial charge in [0.25, 0.3) is 0 Å². The minimum Gasteiger partial charge on any atom is -0.464 e. The molecule has 0 atom stereocenters. The minimum atomic E-state index is -0.278. The third-order valence-electron chi connectivity index (χ3n) is 5.78. The second-order valence-electron chi connectivity index (χ2n) is 8.40. The van der Waals surface area contributed by atoms with Gasteiger partial charge in [-0.05, 0) is 68.2 Å². The van der Waals surface area contributed by atoms with Crippen LogP contribution in [0.25, 0.3) is 22.1 Å². The highest BCUT2D eigenvalue weighted by Gasteiger charge is 2.21. The van der Waals surface area contributed by atoms with E-state index in [1.807, 2.05) is 35.6 Å². The number of piperidine rings is 1. The molecule has 0 radical (unpaired) electrons. The maximum atomic E-state index is 12.6. The van der Waals surface area contributed by atoms with Gasteiger partial charge in [-0.15, -0.1) is 24.8 Å². The molecule has 0 bridgehead atoms.